The van der Waals surface area contributed by atoms with Crippen molar-refractivity contribution in [2.75, 3.05) is 13.4 Å². The Bertz CT molecular complexity index is 793. The summed E-state index contributed by atoms with van der Waals surface area (Å²) in [6.07, 6.45) is -24.9. The fourth-order valence-corrected chi connectivity index (χ4v) is 3.10. The SMILES string of the molecule is CCOCOC(c1cc(C(C)CC)cc(C(C)(C(F)(F)F)C(F)(F)F)c1)(C(F)(F)F)C(F)(F)F. The van der Waals surface area contributed by atoms with Gasteiger partial charge in [-0.1, -0.05) is 32.0 Å². The molecule has 0 amide bonds. The molecule has 0 aliphatic carbocycles. The number of benzene rings is 1. The number of hydrogen-bond donors (Lipinski definition) is 0. The van der Waals surface area contributed by atoms with E-state index in [1.807, 2.05) is 0 Å². The average molecular weight is 522 g/mol. The van der Waals surface area contributed by atoms with Gasteiger partial charge in [-0.3, -0.25) is 0 Å². The Kier molecular flexibility index (Phi) is 8.69. The third-order valence-electron chi connectivity index (χ3n) is 5.62. The van der Waals surface area contributed by atoms with Crippen molar-refractivity contribution in [3.63, 3.8) is 0 Å². The largest absolute Gasteiger partial charge is 0.430 e. The Morgan fingerprint density at radius 2 is 1.15 bits per heavy atom. The summed E-state index contributed by atoms with van der Waals surface area (Å²) in [6.45, 7) is 1.52. The first-order chi connectivity index (χ1) is 15.1. The van der Waals surface area contributed by atoms with E-state index in [-0.39, 0.29) is 26.0 Å². The van der Waals surface area contributed by atoms with Crippen molar-refractivity contribution in [2.45, 2.75) is 75.8 Å². The first kappa shape index (κ1) is 30.3. The minimum absolute atomic E-state index is 0.0114. The molecule has 1 atom stereocenters. The Morgan fingerprint density at radius 1 is 0.706 bits per heavy atom. The van der Waals surface area contributed by atoms with Gasteiger partial charge in [-0.25, -0.2) is 0 Å². The molecule has 34 heavy (non-hydrogen) atoms. The molecule has 0 radical (unpaired) electrons. The second-order valence-electron chi connectivity index (χ2n) is 7.71. The van der Waals surface area contributed by atoms with Gasteiger partial charge in [0, 0.05) is 12.2 Å². The highest BCUT2D eigenvalue weighted by Crippen LogP contribution is 2.56. The zero-order chi connectivity index (χ0) is 27.0. The smallest absolute Gasteiger partial charge is 0.356 e. The van der Waals surface area contributed by atoms with Gasteiger partial charge in [0.1, 0.15) is 6.79 Å². The van der Waals surface area contributed by atoms with E-state index in [0.29, 0.717) is 6.07 Å². The molecular formula is C20H22F12O2. The second kappa shape index (κ2) is 9.75. The lowest BCUT2D eigenvalue weighted by molar-refractivity contribution is -0.401. The Hall–Kier alpha value is -1.70. The van der Waals surface area contributed by atoms with E-state index in [9.17, 15) is 52.7 Å². The topological polar surface area (TPSA) is 18.5 Å². The summed E-state index contributed by atoms with van der Waals surface area (Å²) in [5.41, 5.74) is -14.4. The minimum Gasteiger partial charge on any atom is -0.356 e. The number of rotatable bonds is 8. The van der Waals surface area contributed by atoms with Crippen LogP contribution in [0.5, 0.6) is 0 Å². The highest BCUT2D eigenvalue weighted by Gasteiger charge is 2.74. The van der Waals surface area contributed by atoms with E-state index in [1.54, 1.807) is 0 Å². The predicted octanol–water partition coefficient (Wildman–Crippen LogP) is 7.91. The molecule has 1 aromatic carbocycles. The van der Waals surface area contributed by atoms with Crippen molar-refractivity contribution >= 4 is 0 Å². The minimum atomic E-state index is -6.33. The third-order valence-corrected chi connectivity index (χ3v) is 5.62. The zero-order valence-corrected chi connectivity index (χ0v) is 18.3. The van der Waals surface area contributed by atoms with Crippen LogP contribution in [0.2, 0.25) is 0 Å². The van der Waals surface area contributed by atoms with E-state index in [2.05, 4.69) is 9.47 Å². The molecule has 0 heterocycles. The van der Waals surface area contributed by atoms with Gasteiger partial charge in [-0.2, -0.15) is 52.7 Å². The van der Waals surface area contributed by atoms with Crippen molar-refractivity contribution in [3.05, 3.63) is 34.9 Å². The summed E-state index contributed by atoms with van der Waals surface area (Å²) in [7, 11) is 0. The monoisotopic (exact) mass is 522 g/mol. The molecule has 0 aliphatic rings. The van der Waals surface area contributed by atoms with Crippen LogP contribution in [0, 0.1) is 0 Å². The molecule has 1 rings (SSSR count). The van der Waals surface area contributed by atoms with Crippen LogP contribution in [-0.2, 0) is 20.5 Å². The second-order valence-corrected chi connectivity index (χ2v) is 7.71. The molecule has 2 nitrogen and oxygen atoms in total. The molecule has 0 spiro atoms. The van der Waals surface area contributed by atoms with Gasteiger partial charge < -0.3 is 9.47 Å². The van der Waals surface area contributed by atoms with Crippen LogP contribution in [0.3, 0.4) is 0 Å². The molecule has 0 aliphatic heterocycles. The normalized spacial score (nSPS) is 15.5. The van der Waals surface area contributed by atoms with Gasteiger partial charge >= 0.3 is 24.7 Å². The van der Waals surface area contributed by atoms with Crippen LogP contribution in [0.25, 0.3) is 0 Å². The quantitative estimate of drug-likeness (QED) is 0.196. The van der Waals surface area contributed by atoms with E-state index in [1.165, 1.54) is 20.8 Å². The predicted molar refractivity (Wildman–Crippen MR) is 96.0 cm³/mol. The molecule has 0 fully saturated rings. The summed E-state index contributed by atoms with van der Waals surface area (Å²) in [6, 6.07) is 0.177. The Labute approximate surface area is 187 Å². The molecule has 0 saturated carbocycles. The van der Waals surface area contributed by atoms with Crippen molar-refractivity contribution in [2.24, 2.45) is 0 Å². The number of halogens is 12. The third kappa shape index (κ3) is 5.26. The van der Waals surface area contributed by atoms with E-state index in [4.69, 9.17) is 0 Å². The van der Waals surface area contributed by atoms with Crippen molar-refractivity contribution < 1.29 is 62.2 Å². The van der Waals surface area contributed by atoms with E-state index in [0.717, 1.165) is 0 Å². The summed E-state index contributed by atoms with van der Waals surface area (Å²) >= 11 is 0. The fraction of sp³-hybridized carbons (Fsp3) is 0.700. The highest BCUT2D eigenvalue weighted by molar-refractivity contribution is 5.42. The lowest BCUT2D eigenvalue weighted by Crippen LogP contribution is -2.57. The van der Waals surface area contributed by atoms with Crippen molar-refractivity contribution in [1.82, 2.24) is 0 Å². The van der Waals surface area contributed by atoms with Gasteiger partial charge in [-0.15, -0.1) is 0 Å². The summed E-state index contributed by atoms with van der Waals surface area (Å²) in [5, 5.41) is 0. The van der Waals surface area contributed by atoms with Crippen molar-refractivity contribution in [3.8, 4) is 0 Å². The summed E-state index contributed by atoms with van der Waals surface area (Å²) < 4.78 is 174. The lowest BCUT2D eigenvalue weighted by Gasteiger charge is -2.39. The number of alkyl halides is 12. The van der Waals surface area contributed by atoms with Gasteiger partial charge in [0.25, 0.3) is 5.60 Å². The van der Waals surface area contributed by atoms with Crippen molar-refractivity contribution in [1.29, 1.82) is 0 Å². The van der Waals surface area contributed by atoms with Crippen LogP contribution in [0.4, 0.5) is 52.7 Å². The van der Waals surface area contributed by atoms with Gasteiger partial charge in [0.15, 0.2) is 5.41 Å². The molecule has 0 N–H and O–H groups in total. The Morgan fingerprint density at radius 3 is 1.50 bits per heavy atom. The van der Waals surface area contributed by atoms with Gasteiger partial charge in [0.2, 0.25) is 0 Å². The molecule has 0 saturated heterocycles. The maximum Gasteiger partial charge on any atom is 0.430 e. The zero-order valence-electron chi connectivity index (χ0n) is 18.3. The number of hydrogen-bond acceptors (Lipinski definition) is 2. The first-order valence-electron chi connectivity index (χ1n) is 9.76. The summed E-state index contributed by atoms with van der Waals surface area (Å²) in [5.74, 6) is -0.990. The van der Waals surface area contributed by atoms with Crippen LogP contribution >= 0.6 is 0 Å². The molecule has 14 heteroatoms. The van der Waals surface area contributed by atoms with Gasteiger partial charge in [0.05, 0.1) is 0 Å². The fourth-order valence-electron chi connectivity index (χ4n) is 3.10. The van der Waals surface area contributed by atoms with E-state index >= 15 is 0 Å². The first-order valence-corrected chi connectivity index (χ1v) is 9.76. The standard InChI is InChI=1S/C20H22F12O2/c1-5-11(3)12-7-13(15(4,17(21,22)23)18(24,25)26)9-14(8-12)16(19(27,28)29,20(30,31)32)34-10-33-6-2/h7-9,11H,5-6,10H2,1-4H3. The molecular weight excluding hydrogens is 500 g/mol. The van der Waals surface area contributed by atoms with E-state index < -0.39 is 71.2 Å². The van der Waals surface area contributed by atoms with Crippen LogP contribution in [0.15, 0.2) is 18.2 Å². The lowest BCUT2D eigenvalue weighted by atomic mass is 9.76. The summed E-state index contributed by atoms with van der Waals surface area (Å²) in [4.78, 5) is 0. The molecule has 0 aromatic heterocycles. The highest BCUT2D eigenvalue weighted by atomic mass is 19.4. The maximum absolute atomic E-state index is 14.0. The average Bonchev–Trinajstić information content (AvgIpc) is 2.65. The van der Waals surface area contributed by atoms with Crippen LogP contribution in [0.1, 0.15) is 56.7 Å². The Balaban J connectivity index is 4.20. The maximum atomic E-state index is 14.0. The molecule has 198 valence electrons. The molecule has 1 unspecified atom stereocenters. The van der Waals surface area contributed by atoms with Gasteiger partial charge in [-0.05, 0) is 37.3 Å². The molecule has 0 bridgehead atoms. The van der Waals surface area contributed by atoms with Crippen LogP contribution < -0.4 is 0 Å². The number of ether oxygens (including phenoxy) is 2. The molecule has 1 aromatic rings. The van der Waals surface area contributed by atoms with Crippen LogP contribution in [-0.4, -0.2) is 38.1 Å².